The maximum Gasteiger partial charge on any atom is 0.0771 e. The Kier molecular flexibility index (Phi) is 4.78. The number of ether oxygens (including phenoxy) is 1. The van der Waals surface area contributed by atoms with E-state index in [1.165, 1.54) is 29.8 Å². The van der Waals surface area contributed by atoms with Crippen LogP contribution in [0.5, 0.6) is 0 Å². The zero-order valence-electron chi connectivity index (χ0n) is 11.8. The lowest BCUT2D eigenvalue weighted by Crippen LogP contribution is -2.18. The summed E-state index contributed by atoms with van der Waals surface area (Å²) in [7, 11) is 2.00. The van der Waals surface area contributed by atoms with Gasteiger partial charge < -0.3 is 10.1 Å². The van der Waals surface area contributed by atoms with Crippen molar-refractivity contribution in [2.24, 2.45) is 0 Å². The first-order valence-electron chi connectivity index (χ1n) is 7.13. The van der Waals surface area contributed by atoms with E-state index >= 15 is 0 Å². The van der Waals surface area contributed by atoms with Crippen molar-refractivity contribution in [1.29, 1.82) is 0 Å². The molecule has 0 radical (unpaired) electrons. The van der Waals surface area contributed by atoms with Crippen LogP contribution in [0.25, 0.3) is 0 Å². The first-order valence-corrected chi connectivity index (χ1v) is 7.13. The molecule has 0 aliphatic carbocycles. The Morgan fingerprint density at radius 3 is 2.78 bits per heavy atom. The summed E-state index contributed by atoms with van der Waals surface area (Å²) in [4.78, 5) is 0. The molecule has 1 atom stereocenters. The van der Waals surface area contributed by atoms with Gasteiger partial charge in [0.05, 0.1) is 18.3 Å². The van der Waals surface area contributed by atoms with Crippen LogP contribution in [0, 0.1) is 0 Å². The predicted molar refractivity (Wildman–Crippen MR) is 72.7 cm³/mol. The van der Waals surface area contributed by atoms with E-state index in [0.717, 1.165) is 32.5 Å². The number of nitrogens with one attached hydrogen (secondary N) is 1. The minimum Gasteiger partial charge on any atom is -0.376 e. The molecular weight excluding hydrogens is 226 g/mol. The van der Waals surface area contributed by atoms with E-state index < -0.39 is 0 Å². The van der Waals surface area contributed by atoms with E-state index in [9.17, 15) is 0 Å². The third kappa shape index (κ3) is 2.75. The Bertz CT molecular complexity index is 381. The van der Waals surface area contributed by atoms with E-state index in [4.69, 9.17) is 9.84 Å². The highest BCUT2D eigenvalue weighted by atomic mass is 16.5. The van der Waals surface area contributed by atoms with E-state index in [1.54, 1.807) is 0 Å². The van der Waals surface area contributed by atoms with Crippen molar-refractivity contribution in [1.82, 2.24) is 15.1 Å². The van der Waals surface area contributed by atoms with Crippen LogP contribution in [0.4, 0.5) is 0 Å². The van der Waals surface area contributed by atoms with Gasteiger partial charge in [-0.3, -0.25) is 4.68 Å². The van der Waals surface area contributed by atoms with Crippen LogP contribution in [-0.4, -0.2) is 29.5 Å². The van der Waals surface area contributed by atoms with E-state index in [0.29, 0.717) is 6.10 Å². The van der Waals surface area contributed by atoms with E-state index in [1.807, 2.05) is 7.05 Å². The third-order valence-electron chi connectivity index (χ3n) is 3.67. The second-order valence-electron chi connectivity index (χ2n) is 4.93. The molecule has 4 nitrogen and oxygen atoms in total. The maximum absolute atomic E-state index is 5.72. The molecule has 1 fully saturated rings. The van der Waals surface area contributed by atoms with Crippen LogP contribution in [0.2, 0.25) is 0 Å². The van der Waals surface area contributed by atoms with Gasteiger partial charge in [0, 0.05) is 24.4 Å². The van der Waals surface area contributed by atoms with Crippen molar-refractivity contribution >= 4 is 0 Å². The second-order valence-corrected chi connectivity index (χ2v) is 4.93. The van der Waals surface area contributed by atoms with Gasteiger partial charge in [0.25, 0.3) is 0 Å². The van der Waals surface area contributed by atoms with Crippen LogP contribution >= 0.6 is 0 Å². The Morgan fingerprint density at radius 1 is 1.39 bits per heavy atom. The van der Waals surface area contributed by atoms with Crippen LogP contribution in [-0.2, 0) is 30.7 Å². The predicted octanol–water partition coefficient (Wildman–Crippen LogP) is 1.91. The fourth-order valence-electron chi connectivity index (χ4n) is 2.78. The van der Waals surface area contributed by atoms with Gasteiger partial charge in [0.2, 0.25) is 0 Å². The van der Waals surface area contributed by atoms with Crippen molar-refractivity contribution < 1.29 is 4.74 Å². The monoisotopic (exact) mass is 251 g/mol. The first-order chi connectivity index (χ1) is 8.80. The Balaban J connectivity index is 2.22. The fourth-order valence-corrected chi connectivity index (χ4v) is 2.78. The van der Waals surface area contributed by atoms with Crippen LogP contribution < -0.4 is 5.32 Å². The highest BCUT2D eigenvalue weighted by molar-refractivity contribution is 5.26. The molecule has 2 heterocycles. The summed E-state index contributed by atoms with van der Waals surface area (Å²) < 4.78 is 7.90. The standard InChI is InChI=1S/C14H25N3O/c1-4-13-12(9-15-3)14(5-2)17(16-13)10-11-7-6-8-18-11/h11,15H,4-10H2,1-3H3. The van der Waals surface area contributed by atoms with Crippen LogP contribution in [0.1, 0.15) is 43.6 Å². The van der Waals surface area contributed by atoms with Crippen molar-refractivity contribution in [3.63, 3.8) is 0 Å². The SMILES string of the molecule is CCc1nn(CC2CCCO2)c(CC)c1CNC. The largest absolute Gasteiger partial charge is 0.376 e. The lowest BCUT2D eigenvalue weighted by atomic mass is 10.1. The molecule has 0 bridgehead atoms. The fraction of sp³-hybridized carbons (Fsp3) is 0.786. The first kappa shape index (κ1) is 13.6. The molecular formula is C14H25N3O. The Morgan fingerprint density at radius 2 is 2.22 bits per heavy atom. The summed E-state index contributed by atoms with van der Waals surface area (Å²) in [6, 6.07) is 0. The molecule has 1 aromatic rings. The van der Waals surface area contributed by atoms with Gasteiger partial charge in [-0.25, -0.2) is 0 Å². The average Bonchev–Trinajstić information content (AvgIpc) is 2.98. The zero-order valence-corrected chi connectivity index (χ0v) is 11.8. The van der Waals surface area contributed by atoms with Gasteiger partial charge in [0.1, 0.15) is 0 Å². The molecule has 0 spiro atoms. The normalized spacial score (nSPS) is 19.6. The molecule has 1 aliphatic heterocycles. The van der Waals surface area contributed by atoms with E-state index in [-0.39, 0.29) is 0 Å². The minimum atomic E-state index is 0.363. The molecule has 1 unspecified atom stereocenters. The highest BCUT2D eigenvalue weighted by Gasteiger charge is 2.20. The molecule has 0 saturated carbocycles. The molecule has 102 valence electrons. The van der Waals surface area contributed by atoms with Crippen molar-refractivity contribution in [3.05, 3.63) is 17.0 Å². The second kappa shape index (κ2) is 6.34. The third-order valence-corrected chi connectivity index (χ3v) is 3.67. The van der Waals surface area contributed by atoms with Gasteiger partial charge in [-0.15, -0.1) is 0 Å². The number of nitrogens with zero attached hydrogens (tertiary/aromatic N) is 2. The summed E-state index contributed by atoms with van der Waals surface area (Å²) in [5, 5.41) is 8.03. The van der Waals surface area contributed by atoms with Gasteiger partial charge >= 0.3 is 0 Å². The van der Waals surface area contributed by atoms with Gasteiger partial charge in [-0.05, 0) is 32.7 Å². The number of aryl methyl sites for hydroxylation is 1. The average molecular weight is 251 g/mol. The molecule has 1 aromatic heterocycles. The van der Waals surface area contributed by atoms with Crippen molar-refractivity contribution in [2.45, 2.75) is 58.7 Å². The molecule has 1 N–H and O–H groups in total. The molecule has 4 heteroatoms. The minimum absolute atomic E-state index is 0.363. The molecule has 1 saturated heterocycles. The lowest BCUT2D eigenvalue weighted by Gasteiger charge is -2.12. The molecule has 1 aliphatic rings. The molecule has 0 aromatic carbocycles. The van der Waals surface area contributed by atoms with Gasteiger partial charge in [-0.2, -0.15) is 5.10 Å². The van der Waals surface area contributed by atoms with Crippen molar-refractivity contribution in [2.75, 3.05) is 13.7 Å². The molecule has 2 rings (SSSR count). The summed E-state index contributed by atoms with van der Waals surface area (Å²) >= 11 is 0. The number of hydrogen-bond acceptors (Lipinski definition) is 3. The van der Waals surface area contributed by atoms with Crippen LogP contribution in [0.3, 0.4) is 0 Å². The Hall–Kier alpha value is -0.870. The lowest BCUT2D eigenvalue weighted by molar-refractivity contribution is 0.0931. The summed E-state index contributed by atoms with van der Waals surface area (Å²) in [5.74, 6) is 0. The highest BCUT2D eigenvalue weighted by Crippen LogP contribution is 2.20. The summed E-state index contributed by atoms with van der Waals surface area (Å²) in [6.45, 7) is 7.13. The zero-order chi connectivity index (χ0) is 13.0. The topological polar surface area (TPSA) is 39.1 Å². The van der Waals surface area contributed by atoms with Gasteiger partial charge in [0.15, 0.2) is 0 Å². The van der Waals surface area contributed by atoms with E-state index in [2.05, 4.69) is 23.8 Å². The maximum atomic E-state index is 5.72. The number of rotatable bonds is 6. The number of aromatic nitrogens is 2. The Labute approximate surface area is 110 Å². The summed E-state index contributed by atoms with van der Waals surface area (Å²) in [5.41, 5.74) is 4.00. The molecule has 0 amide bonds. The van der Waals surface area contributed by atoms with Gasteiger partial charge in [-0.1, -0.05) is 13.8 Å². The van der Waals surface area contributed by atoms with Crippen LogP contribution in [0.15, 0.2) is 0 Å². The smallest absolute Gasteiger partial charge is 0.0771 e. The summed E-state index contributed by atoms with van der Waals surface area (Å²) in [6.07, 6.45) is 4.77. The number of hydrogen-bond donors (Lipinski definition) is 1. The quantitative estimate of drug-likeness (QED) is 0.839. The van der Waals surface area contributed by atoms with Crippen molar-refractivity contribution in [3.8, 4) is 0 Å². The molecule has 18 heavy (non-hydrogen) atoms.